The summed E-state index contributed by atoms with van der Waals surface area (Å²) in [6.45, 7) is 3.56. The molecule has 1 N–H and O–H groups in total. The van der Waals surface area contributed by atoms with Crippen LogP contribution >= 0.6 is 0 Å². The minimum absolute atomic E-state index is 0.226. The van der Waals surface area contributed by atoms with Crippen LogP contribution in [0.25, 0.3) is 10.9 Å². The monoisotopic (exact) mass is 501 g/mol. The maximum absolute atomic E-state index is 5.31. The Morgan fingerprint density at radius 3 is 1.92 bits per heavy atom. The number of benzene rings is 4. The van der Waals surface area contributed by atoms with Crippen LogP contribution in [0.4, 0.5) is 17.5 Å². The number of nitrogens with zero attached hydrogens (tertiary/aromatic N) is 4. The van der Waals surface area contributed by atoms with E-state index in [-0.39, 0.29) is 6.04 Å². The van der Waals surface area contributed by atoms with E-state index in [4.69, 9.17) is 14.7 Å². The van der Waals surface area contributed by atoms with Gasteiger partial charge in [0.2, 0.25) is 5.95 Å². The van der Waals surface area contributed by atoms with Gasteiger partial charge in [0.05, 0.1) is 18.7 Å². The van der Waals surface area contributed by atoms with E-state index in [9.17, 15) is 0 Å². The molecule has 6 nitrogen and oxygen atoms in total. The normalized spacial score (nSPS) is 14.1. The summed E-state index contributed by atoms with van der Waals surface area (Å²) in [6, 6.07) is 37.9. The van der Waals surface area contributed by atoms with Crippen LogP contribution < -0.4 is 15.0 Å². The Labute approximate surface area is 223 Å². The summed E-state index contributed by atoms with van der Waals surface area (Å²) in [5, 5.41) is 4.50. The van der Waals surface area contributed by atoms with Gasteiger partial charge in [-0.25, -0.2) is 4.98 Å². The second-order valence-corrected chi connectivity index (χ2v) is 9.49. The molecule has 0 unspecified atom stereocenters. The predicted octanol–water partition coefficient (Wildman–Crippen LogP) is 6.29. The number of fused-ring (bicyclic) bond motifs is 1. The second-order valence-electron chi connectivity index (χ2n) is 9.49. The molecule has 0 amide bonds. The van der Waals surface area contributed by atoms with Crippen LogP contribution in [0.5, 0.6) is 5.75 Å². The summed E-state index contributed by atoms with van der Waals surface area (Å²) in [7, 11) is 1.67. The number of hydrogen-bond donors (Lipinski definition) is 1. The molecule has 0 radical (unpaired) electrons. The average Bonchev–Trinajstić information content (AvgIpc) is 2.99. The molecule has 38 heavy (non-hydrogen) atoms. The van der Waals surface area contributed by atoms with Gasteiger partial charge in [0.1, 0.15) is 11.6 Å². The predicted molar refractivity (Wildman–Crippen MR) is 154 cm³/mol. The van der Waals surface area contributed by atoms with Gasteiger partial charge in [-0.05, 0) is 47.5 Å². The van der Waals surface area contributed by atoms with E-state index in [0.717, 1.165) is 60.3 Å². The van der Waals surface area contributed by atoms with Crippen molar-refractivity contribution in [2.45, 2.75) is 6.04 Å². The fourth-order valence-electron chi connectivity index (χ4n) is 5.18. The fourth-order valence-corrected chi connectivity index (χ4v) is 5.18. The zero-order valence-corrected chi connectivity index (χ0v) is 21.5. The number of hydrogen-bond acceptors (Lipinski definition) is 6. The van der Waals surface area contributed by atoms with Crippen LogP contribution in [0.15, 0.2) is 109 Å². The number of aromatic nitrogens is 2. The Kier molecular flexibility index (Phi) is 6.87. The number of para-hydroxylation sites is 1. The van der Waals surface area contributed by atoms with E-state index in [1.807, 2.05) is 36.4 Å². The highest BCUT2D eigenvalue weighted by molar-refractivity contribution is 5.91. The zero-order valence-electron chi connectivity index (χ0n) is 21.5. The van der Waals surface area contributed by atoms with E-state index < -0.39 is 0 Å². The van der Waals surface area contributed by atoms with E-state index >= 15 is 0 Å². The summed E-state index contributed by atoms with van der Waals surface area (Å²) >= 11 is 0. The molecule has 190 valence electrons. The van der Waals surface area contributed by atoms with Crippen LogP contribution in [0, 0.1) is 0 Å². The van der Waals surface area contributed by atoms with E-state index in [1.165, 1.54) is 11.1 Å². The highest BCUT2D eigenvalue weighted by Gasteiger charge is 2.27. The van der Waals surface area contributed by atoms with Crippen molar-refractivity contribution in [3.05, 3.63) is 120 Å². The maximum atomic E-state index is 5.31. The Hall–Kier alpha value is -4.42. The minimum atomic E-state index is 0.226. The quantitative estimate of drug-likeness (QED) is 0.283. The molecule has 0 bridgehead atoms. The van der Waals surface area contributed by atoms with Gasteiger partial charge in [-0.15, -0.1) is 0 Å². The Morgan fingerprint density at radius 1 is 0.684 bits per heavy atom. The first-order valence-electron chi connectivity index (χ1n) is 13.1. The number of nitrogens with one attached hydrogen (secondary N) is 1. The molecule has 0 saturated carbocycles. The maximum Gasteiger partial charge on any atom is 0.227 e. The largest absolute Gasteiger partial charge is 0.497 e. The lowest BCUT2D eigenvalue weighted by Gasteiger charge is -2.40. The Morgan fingerprint density at radius 2 is 1.29 bits per heavy atom. The molecule has 6 rings (SSSR count). The number of anilines is 3. The first-order valence-corrected chi connectivity index (χ1v) is 13.1. The van der Waals surface area contributed by atoms with Gasteiger partial charge in [-0.2, -0.15) is 4.98 Å². The lowest BCUT2D eigenvalue weighted by Crippen LogP contribution is -2.48. The number of rotatable bonds is 7. The lowest BCUT2D eigenvalue weighted by atomic mass is 9.96. The van der Waals surface area contributed by atoms with Gasteiger partial charge in [-0.1, -0.05) is 72.8 Å². The van der Waals surface area contributed by atoms with Crippen molar-refractivity contribution < 1.29 is 4.74 Å². The van der Waals surface area contributed by atoms with Crippen molar-refractivity contribution in [3.8, 4) is 5.75 Å². The summed E-state index contributed by atoms with van der Waals surface area (Å²) < 4.78 is 5.31. The molecule has 1 aliphatic rings. The van der Waals surface area contributed by atoms with Crippen molar-refractivity contribution in [3.63, 3.8) is 0 Å². The van der Waals surface area contributed by atoms with E-state index in [1.54, 1.807) is 7.11 Å². The second kappa shape index (κ2) is 10.9. The molecule has 0 aliphatic carbocycles. The molecule has 2 heterocycles. The van der Waals surface area contributed by atoms with Gasteiger partial charge in [0.15, 0.2) is 0 Å². The highest BCUT2D eigenvalue weighted by atomic mass is 16.5. The summed E-state index contributed by atoms with van der Waals surface area (Å²) in [5.74, 6) is 2.39. The van der Waals surface area contributed by atoms with Crippen molar-refractivity contribution >= 4 is 28.4 Å². The highest BCUT2D eigenvalue weighted by Crippen LogP contribution is 2.31. The average molecular weight is 502 g/mol. The van der Waals surface area contributed by atoms with Crippen LogP contribution in [0.1, 0.15) is 17.2 Å². The van der Waals surface area contributed by atoms with Crippen molar-refractivity contribution in [2.75, 3.05) is 43.5 Å². The topological polar surface area (TPSA) is 53.5 Å². The molecular weight excluding hydrogens is 470 g/mol. The van der Waals surface area contributed by atoms with Crippen molar-refractivity contribution in [2.24, 2.45) is 0 Å². The Balaban J connectivity index is 1.25. The summed E-state index contributed by atoms with van der Waals surface area (Å²) in [4.78, 5) is 14.8. The third kappa shape index (κ3) is 5.04. The smallest absolute Gasteiger partial charge is 0.227 e. The molecule has 5 aromatic rings. The summed E-state index contributed by atoms with van der Waals surface area (Å²) in [6.07, 6.45) is 0. The first-order chi connectivity index (χ1) is 18.8. The standard InChI is InChI=1S/C32H31N5O/c1-38-27-18-16-26(17-19-27)33-31-28-14-8-9-15-29(28)34-32(35-31)37-22-20-36(21-23-37)30(24-10-4-2-5-11-24)25-12-6-3-7-13-25/h2-19,30H,20-23H2,1H3,(H,33,34,35). The lowest BCUT2D eigenvalue weighted by molar-refractivity contribution is 0.211. The van der Waals surface area contributed by atoms with E-state index in [2.05, 4.69) is 87.9 Å². The third-order valence-corrected chi connectivity index (χ3v) is 7.14. The molecule has 1 saturated heterocycles. The van der Waals surface area contributed by atoms with Crippen LogP contribution in [-0.2, 0) is 0 Å². The van der Waals surface area contributed by atoms with Gasteiger partial charge in [0, 0.05) is 37.3 Å². The van der Waals surface area contributed by atoms with Gasteiger partial charge < -0.3 is 15.0 Å². The van der Waals surface area contributed by atoms with Gasteiger partial charge >= 0.3 is 0 Å². The van der Waals surface area contributed by atoms with Gasteiger partial charge in [-0.3, -0.25) is 4.90 Å². The van der Waals surface area contributed by atoms with Crippen LogP contribution in [0.2, 0.25) is 0 Å². The fraction of sp³-hybridized carbons (Fsp3) is 0.188. The molecule has 0 spiro atoms. The minimum Gasteiger partial charge on any atom is -0.497 e. The third-order valence-electron chi connectivity index (χ3n) is 7.14. The van der Waals surface area contributed by atoms with Crippen molar-refractivity contribution in [1.29, 1.82) is 0 Å². The molecule has 6 heteroatoms. The van der Waals surface area contributed by atoms with Crippen molar-refractivity contribution in [1.82, 2.24) is 14.9 Å². The number of piperazine rings is 1. The van der Waals surface area contributed by atoms with Crippen LogP contribution in [-0.4, -0.2) is 48.2 Å². The molecule has 4 aromatic carbocycles. The van der Waals surface area contributed by atoms with E-state index in [0.29, 0.717) is 0 Å². The zero-order chi connectivity index (χ0) is 25.7. The Bertz CT molecular complexity index is 1440. The molecule has 1 fully saturated rings. The molecular formula is C32H31N5O. The SMILES string of the molecule is COc1ccc(Nc2nc(N3CCN(C(c4ccccc4)c4ccccc4)CC3)nc3ccccc23)cc1. The number of ether oxygens (including phenoxy) is 1. The molecule has 1 aromatic heterocycles. The molecule has 0 atom stereocenters. The van der Waals surface area contributed by atoms with Gasteiger partial charge in [0.25, 0.3) is 0 Å². The molecule has 1 aliphatic heterocycles. The number of methoxy groups -OCH3 is 1. The summed E-state index contributed by atoms with van der Waals surface area (Å²) in [5.41, 5.74) is 4.53. The first kappa shape index (κ1) is 23.9. The van der Waals surface area contributed by atoms with Crippen LogP contribution in [0.3, 0.4) is 0 Å².